The van der Waals surface area contributed by atoms with Crippen molar-refractivity contribution in [2.24, 2.45) is 5.73 Å². The Balaban J connectivity index is 2.25. The predicted octanol–water partition coefficient (Wildman–Crippen LogP) is 4.23. The van der Waals surface area contributed by atoms with Crippen LogP contribution in [0.1, 0.15) is 22.7 Å². The van der Waals surface area contributed by atoms with Gasteiger partial charge in [-0.05, 0) is 41.8 Å². The van der Waals surface area contributed by atoms with Gasteiger partial charge in [0.1, 0.15) is 11.6 Å². The summed E-state index contributed by atoms with van der Waals surface area (Å²) in [5.74, 6) is -1.79. The van der Waals surface area contributed by atoms with Crippen LogP contribution in [0.4, 0.5) is 22.0 Å². The van der Waals surface area contributed by atoms with Crippen LogP contribution in [0.25, 0.3) is 0 Å². The summed E-state index contributed by atoms with van der Waals surface area (Å²) in [5, 5.41) is 0. The Morgan fingerprint density at radius 2 is 1.71 bits per heavy atom. The van der Waals surface area contributed by atoms with Gasteiger partial charge in [-0.25, -0.2) is 8.78 Å². The van der Waals surface area contributed by atoms with Gasteiger partial charge in [-0.3, -0.25) is 0 Å². The molecule has 0 heterocycles. The van der Waals surface area contributed by atoms with Gasteiger partial charge in [-0.15, -0.1) is 0 Å². The van der Waals surface area contributed by atoms with E-state index in [0.717, 1.165) is 6.07 Å². The Morgan fingerprint density at radius 1 is 1.00 bits per heavy atom. The highest BCUT2D eigenvalue weighted by atomic mass is 19.4. The summed E-state index contributed by atoms with van der Waals surface area (Å²) in [6.45, 7) is 0. The fourth-order valence-corrected chi connectivity index (χ4v) is 2.03. The van der Waals surface area contributed by atoms with Gasteiger partial charge in [0.2, 0.25) is 0 Å². The number of alkyl halides is 3. The van der Waals surface area contributed by atoms with Crippen LogP contribution in [0.5, 0.6) is 0 Å². The van der Waals surface area contributed by atoms with Gasteiger partial charge in [0.15, 0.2) is 0 Å². The molecule has 0 spiro atoms. The summed E-state index contributed by atoms with van der Waals surface area (Å²) >= 11 is 0. The Bertz CT molecular complexity index is 636. The highest BCUT2D eigenvalue weighted by Crippen LogP contribution is 2.33. The first kappa shape index (κ1) is 15.4. The number of nitrogens with two attached hydrogens (primary N) is 1. The Morgan fingerprint density at radius 3 is 2.33 bits per heavy atom. The standard InChI is InChI=1S/C15H12F5N/c16-11-3-1-2-9(6-11)7-14(21)10-4-5-13(17)12(8-10)15(18,19)20/h1-6,8,14H,7,21H2. The summed E-state index contributed by atoms with van der Waals surface area (Å²) in [6.07, 6.45) is -4.63. The molecule has 6 heteroatoms. The first-order valence-electron chi connectivity index (χ1n) is 6.14. The maximum atomic E-state index is 13.2. The van der Waals surface area contributed by atoms with Crippen molar-refractivity contribution in [2.45, 2.75) is 18.6 Å². The van der Waals surface area contributed by atoms with Crippen LogP contribution in [0, 0.1) is 11.6 Å². The van der Waals surface area contributed by atoms with Gasteiger partial charge in [0, 0.05) is 6.04 Å². The van der Waals surface area contributed by atoms with Crippen molar-refractivity contribution in [1.29, 1.82) is 0 Å². The first-order chi connectivity index (χ1) is 9.77. The molecule has 2 rings (SSSR count). The lowest BCUT2D eigenvalue weighted by atomic mass is 9.97. The average molecular weight is 301 g/mol. The summed E-state index contributed by atoms with van der Waals surface area (Å²) in [7, 11) is 0. The molecule has 0 fully saturated rings. The minimum atomic E-state index is -4.78. The normalized spacial score (nSPS) is 13.2. The average Bonchev–Trinajstić information content (AvgIpc) is 2.37. The number of halogens is 5. The fourth-order valence-electron chi connectivity index (χ4n) is 2.03. The number of rotatable bonds is 3. The summed E-state index contributed by atoms with van der Waals surface area (Å²) in [4.78, 5) is 0. The third-order valence-corrected chi connectivity index (χ3v) is 3.07. The summed E-state index contributed by atoms with van der Waals surface area (Å²) < 4.78 is 64.2. The molecule has 0 amide bonds. The SMILES string of the molecule is NC(Cc1cccc(F)c1)c1ccc(F)c(C(F)(F)F)c1. The molecule has 2 N–H and O–H groups in total. The second kappa shape index (κ2) is 5.81. The Labute approximate surface area is 118 Å². The Kier molecular flexibility index (Phi) is 4.27. The number of hydrogen-bond donors (Lipinski definition) is 1. The summed E-state index contributed by atoms with van der Waals surface area (Å²) in [6, 6.07) is 7.48. The van der Waals surface area contributed by atoms with Crippen molar-refractivity contribution >= 4 is 0 Å². The molecule has 1 atom stereocenters. The molecule has 0 aliphatic rings. The van der Waals surface area contributed by atoms with Gasteiger partial charge in [-0.2, -0.15) is 13.2 Å². The maximum Gasteiger partial charge on any atom is 0.419 e. The molecule has 1 nitrogen and oxygen atoms in total. The van der Waals surface area contributed by atoms with Crippen molar-refractivity contribution in [3.8, 4) is 0 Å². The molecule has 0 aliphatic carbocycles. The summed E-state index contributed by atoms with van der Waals surface area (Å²) in [5.41, 5.74) is 5.18. The monoisotopic (exact) mass is 301 g/mol. The van der Waals surface area contributed by atoms with E-state index in [4.69, 9.17) is 5.73 Å². The first-order valence-corrected chi connectivity index (χ1v) is 6.14. The highest BCUT2D eigenvalue weighted by Gasteiger charge is 2.34. The highest BCUT2D eigenvalue weighted by molar-refractivity contribution is 5.30. The van der Waals surface area contributed by atoms with Gasteiger partial charge in [0.25, 0.3) is 0 Å². The molecule has 21 heavy (non-hydrogen) atoms. The lowest BCUT2D eigenvalue weighted by Gasteiger charge is -2.15. The van der Waals surface area contributed by atoms with E-state index in [2.05, 4.69) is 0 Å². The molecular formula is C15H12F5N. The van der Waals surface area contributed by atoms with E-state index in [1.807, 2.05) is 0 Å². The lowest BCUT2D eigenvalue weighted by molar-refractivity contribution is -0.140. The van der Waals surface area contributed by atoms with Gasteiger partial charge in [0.05, 0.1) is 5.56 Å². The maximum absolute atomic E-state index is 13.2. The van der Waals surface area contributed by atoms with E-state index in [1.54, 1.807) is 6.07 Å². The van der Waals surface area contributed by atoms with Gasteiger partial charge >= 0.3 is 6.18 Å². The van der Waals surface area contributed by atoms with Crippen LogP contribution in [0.15, 0.2) is 42.5 Å². The number of hydrogen-bond acceptors (Lipinski definition) is 1. The van der Waals surface area contributed by atoms with Crippen molar-refractivity contribution in [3.05, 3.63) is 70.8 Å². The fraction of sp³-hybridized carbons (Fsp3) is 0.200. The van der Waals surface area contributed by atoms with Crippen molar-refractivity contribution in [2.75, 3.05) is 0 Å². The zero-order chi connectivity index (χ0) is 15.6. The second-order valence-corrected chi connectivity index (χ2v) is 4.68. The van der Waals surface area contributed by atoms with E-state index < -0.39 is 29.4 Å². The zero-order valence-electron chi connectivity index (χ0n) is 10.8. The molecule has 0 aliphatic heterocycles. The van der Waals surface area contributed by atoms with Crippen molar-refractivity contribution < 1.29 is 22.0 Å². The molecule has 0 radical (unpaired) electrons. The molecule has 0 saturated heterocycles. The van der Waals surface area contributed by atoms with E-state index in [-0.39, 0.29) is 12.0 Å². The molecule has 0 aromatic heterocycles. The number of benzene rings is 2. The molecule has 0 bridgehead atoms. The zero-order valence-corrected chi connectivity index (χ0v) is 10.8. The smallest absolute Gasteiger partial charge is 0.324 e. The molecule has 1 unspecified atom stereocenters. The molecule has 2 aromatic rings. The predicted molar refractivity (Wildman–Crippen MR) is 68.4 cm³/mol. The second-order valence-electron chi connectivity index (χ2n) is 4.68. The van der Waals surface area contributed by atoms with Crippen molar-refractivity contribution in [3.63, 3.8) is 0 Å². The van der Waals surface area contributed by atoms with Crippen LogP contribution < -0.4 is 5.73 Å². The minimum Gasteiger partial charge on any atom is -0.324 e. The van der Waals surface area contributed by atoms with Crippen LogP contribution in [0.2, 0.25) is 0 Å². The van der Waals surface area contributed by atoms with Crippen molar-refractivity contribution in [1.82, 2.24) is 0 Å². The molecular weight excluding hydrogens is 289 g/mol. The van der Waals surface area contributed by atoms with E-state index in [9.17, 15) is 22.0 Å². The molecule has 112 valence electrons. The van der Waals surface area contributed by atoms with Crippen LogP contribution in [-0.2, 0) is 12.6 Å². The van der Waals surface area contributed by atoms with Crippen LogP contribution >= 0.6 is 0 Å². The minimum absolute atomic E-state index is 0.146. The van der Waals surface area contributed by atoms with E-state index >= 15 is 0 Å². The van der Waals surface area contributed by atoms with E-state index in [0.29, 0.717) is 11.6 Å². The van der Waals surface area contributed by atoms with Gasteiger partial charge < -0.3 is 5.73 Å². The molecule has 0 saturated carbocycles. The third kappa shape index (κ3) is 3.78. The Hall–Kier alpha value is -1.95. The largest absolute Gasteiger partial charge is 0.419 e. The van der Waals surface area contributed by atoms with Crippen LogP contribution in [0.3, 0.4) is 0 Å². The van der Waals surface area contributed by atoms with E-state index in [1.165, 1.54) is 24.3 Å². The topological polar surface area (TPSA) is 26.0 Å². The molecule has 2 aromatic carbocycles. The third-order valence-electron chi connectivity index (χ3n) is 3.07. The lowest BCUT2D eigenvalue weighted by Crippen LogP contribution is -2.16. The van der Waals surface area contributed by atoms with Crippen LogP contribution in [-0.4, -0.2) is 0 Å². The van der Waals surface area contributed by atoms with Gasteiger partial charge in [-0.1, -0.05) is 18.2 Å². The quantitative estimate of drug-likeness (QED) is 0.844.